The Kier molecular flexibility index (Phi) is 7.96. The van der Waals surface area contributed by atoms with Gasteiger partial charge < -0.3 is 21.2 Å². The molecule has 2 fully saturated rings. The number of amides is 2. The number of carbonyl (C=O) groups is 3. The number of carbonyl (C=O) groups excluding carboxylic acids is 3. The number of anilines is 1. The smallest absolute Gasteiger partial charge is 0.339 e. The topological polar surface area (TPSA) is 119 Å². The Labute approximate surface area is 218 Å². The average molecular weight is 535 g/mol. The van der Waals surface area contributed by atoms with E-state index in [9.17, 15) is 27.6 Å². The molecule has 1 aromatic heterocycles. The highest BCUT2D eigenvalue weighted by atomic mass is 19.4. The minimum absolute atomic E-state index is 0.137. The quantitative estimate of drug-likeness (QED) is 0.302. The van der Waals surface area contributed by atoms with Gasteiger partial charge in [0.2, 0.25) is 5.91 Å². The molecule has 2 aliphatic carbocycles. The van der Waals surface area contributed by atoms with E-state index in [2.05, 4.69) is 15.7 Å². The molecule has 2 aliphatic rings. The predicted octanol–water partition coefficient (Wildman–Crippen LogP) is 2.35. The molecule has 0 spiro atoms. The minimum Gasteiger partial charge on any atom is -0.339 e. The van der Waals surface area contributed by atoms with E-state index in [4.69, 9.17) is 5.73 Å². The summed E-state index contributed by atoms with van der Waals surface area (Å²) < 4.78 is 57.4. The molecule has 2 saturated carbocycles. The standard InChI is InChI=1S/C25H30BF4N5O3/c1-2-35-17(9-10-32-35)23(37)34-21(18(12-3-4-12)13-5-6-13)24(38)33-16-8-7-14(11-15(16)27)19(25(28,29)30)20(31)22(26)36/h7-13,18-21H,2-6,26,31H2,1H3,(H,33,38)(H,34,37)/t19?,20?,21-/m0/s1. The fraction of sp³-hybridized carbons (Fsp3) is 0.520. The van der Waals surface area contributed by atoms with Gasteiger partial charge in [0, 0.05) is 12.7 Å². The Morgan fingerprint density at radius 1 is 1.16 bits per heavy atom. The zero-order valence-corrected chi connectivity index (χ0v) is 21.1. The van der Waals surface area contributed by atoms with E-state index < -0.39 is 53.1 Å². The van der Waals surface area contributed by atoms with Crippen LogP contribution in [0, 0.1) is 23.6 Å². The van der Waals surface area contributed by atoms with Crippen LogP contribution in [0.3, 0.4) is 0 Å². The van der Waals surface area contributed by atoms with E-state index in [1.165, 1.54) is 16.9 Å². The van der Waals surface area contributed by atoms with Gasteiger partial charge in [0.05, 0.1) is 11.7 Å². The number of nitrogens with one attached hydrogen (secondary N) is 2. The van der Waals surface area contributed by atoms with Crippen molar-refractivity contribution in [2.75, 3.05) is 5.32 Å². The molecule has 2 amide bonds. The van der Waals surface area contributed by atoms with E-state index in [-0.39, 0.29) is 29.1 Å². The Morgan fingerprint density at radius 2 is 1.79 bits per heavy atom. The first-order chi connectivity index (χ1) is 17.9. The van der Waals surface area contributed by atoms with Crippen LogP contribution in [-0.4, -0.2) is 53.4 Å². The van der Waals surface area contributed by atoms with Crippen molar-refractivity contribution >= 4 is 31.0 Å². The van der Waals surface area contributed by atoms with Gasteiger partial charge in [-0.3, -0.25) is 14.3 Å². The summed E-state index contributed by atoms with van der Waals surface area (Å²) in [5.41, 5.74) is 4.02. The van der Waals surface area contributed by atoms with Crippen LogP contribution in [0.2, 0.25) is 0 Å². The third kappa shape index (κ3) is 6.08. The summed E-state index contributed by atoms with van der Waals surface area (Å²) in [5, 5.41) is 9.36. The first-order valence-electron chi connectivity index (χ1n) is 12.7. The Morgan fingerprint density at radius 3 is 2.29 bits per heavy atom. The summed E-state index contributed by atoms with van der Waals surface area (Å²) in [4.78, 5) is 38.1. The van der Waals surface area contributed by atoms with Crippen molar-refractivity contribution in [1.29, 1.82) is 0 Å². The number of benzene rings is 1. The second-order valence-electron chi connectivity index (χ2n) is 10.1. The monoisotopic (exact) mass is 535 g/mol. The van der Waals surface area contributed by atoms with Crippen LogP contribution in [0.1, 0.15) is 54.6 Å². The molecule has 0 aliphatic heterocycles. The first kappa shape index (κ1) is 27.8. The van der Waals surface area contributed by atoms with E-state index >= 15 is 4.39 Å². The maximum Gasteiger partial charge on any atom is 0.397 e. The molecule has 2 unspecified atom stereocenters. The lowest BCUT2D eigenvalue weighted by molar-refractivity contribution is -0.158. The molecule has 4 rings (SSSR count). The zero-order chi connectivity index (χ0) is 27.8. The van der Waals surface area contributed by atoms with Crippen molar-refractivity contribution in [3.8, 4) is 0 Å². The van der Waals surface area contributed by atoms with Gasteiger partial charge in [-0.15, -0.1) is 0 Å². The first-order valence-corrected chi connectivity index (χ1v) is 12.7. The molecule has 204 valence electrons. The van der Waals surface area contributed by atoms with E-state index in [0.717, 1.165) is 45.7 Å². The largest absolute Gasteiger partial charge is 0.397 e. The molecule has 1 aromatic carbocycles. The van der Waals surface area contributed by atoms with Crippen LogP contribution in [0.15, 0.2) is 30.5 Å². The molecule has 1 heterocycles. The lowest BCUT2D eigenvalue weighted by Gasteiger charge is -2.28. The lowest BCUT2D eigenvalue weighted by atomic mass is 9.82. The summed E-state index contributed by atoms with van der Waals surface area (Å²) in [6.45, 7) is 2.27. The number of nitrogens with zero attached hydrogens (tertiary/aromatic N) is 2. The van der Waals surface area contributed by atoms with E-state index in [0.29, 0.717) is 12.6 Å². The van der Waals surface area contributed by atoms with Gasteiger partial charge in [-0.1, -0.05) is 6.07 Å². The molecule has 0 radical (unpaired) electrons. The maximum absolute atomic E-state index is 15.0. The van der Waals surface area contributed by atoms with Crippen LogP contribution in [0.4, 0.5) is 23.2 Å². The summed E-state index contributed by atoms with van der Waals surface area (Å²) in [5.74, 6) is -4.28. The molecule has 0 bridgehead atoms. The third-order valence-corrected chi connectivity index (χ3v) is 7.33. The van der Waals surface area contributed by atoms with Crippen LogP contribution in [-0.2, 0) is 16.1 Å². The van der Waals surface area contributed by atoms with Crippen LogP contribution >= 0.6 is 0 Å². The molecule has 0 saturated heterocycles. The Hall–Kier alpha value is -3.22. The normalized spacial score (nSPS) is 18.1. The summed E-state index contributed by atoms with van der Waals surface area (Å²) in [6.07, 6.45) is 0.288. The fourth-order valence-corrected chi connectivity index (χ4v) is 5.09. The SMILES string of the molecule is BC(=O)C(N)C(c1ccc(NC(=O)[C@@H](NC(=O)c2ccnn2CC)C(C2CC2)C2CC2)c(F)c1)C(F)(F)F. The van der Waals surface area contributed by atoms with E-state index in [1.807, 2.05) is 6.92 Å². The van der Waals surface area contributed by atoms with Crippen molar-refractivity contribution in [2.45, 2.75) is 63.3 Å². The number of alkyl halides is 3. The second kappa shape index (κ2) is 10.9. The van der Waals surface area contributed by atoms with E-state index in [1.54, 1.807) is 0 Å². The van der Waals surface area contributed by atoms with Crippen molar-refractivity contribution in [3.05, 3.63) is 47.5 Å². The Balaban J connectivity index is 1.58. The third-order valence-electron chi connectivity index (χ3n) is 7.33. The average Bonchev–Trinajstić information content (AvgIpc) is 3.78. The molecule has 3 atom stereocenters. The number of hydrogen-bond acceptors (Lipinski definition) is 5. The van der Waals surface area contributed by atoms with Crippen molar-refractivity contribution < 1.29 is 31.9 Å². The van der Waals surface area contributed by atoms with Gasteiger partial charge in [0.15, 0.2) is 7.85 Å². The second-order valence-corrected chi connectivity index (χ2v) is 10.1. The summed E-state index contributed by atoms with van der Waals surface area (Å²) in [6, 6.07) is 1.32. The molecule has 38 heavy (non-hydrogen) atoms. The van der Waals surface area contributed by atoms with Crippen LogP contribution in [0.5, 0.6) is 0 Å². The fourth-order valence-electron chi connectivity index (χ4n) is 5.09. The Bertz CT molecular complexity index is 1200. The van der Waals surface area contributed by atoms with Gasteiger partial charge in [-0.25, -0.2) is 4.39 Å². The van der Waals surface area contributed by atoms with Gasteiger partial charge in [-0.05, 0) is 74.1 Å². The number of nitrogens with two attached hydrogens (primary N) is 1. The van der Waals surface area contributed by atoms with Crippen LogP contribution < -0.4 is 16.4 Å². The number of halogens is 4. The van der Waals surface area contributed by atoms with Crippen molar-refractivity contribution in [1.82, 2.24) is 15.1 Å². The molecule has 8 nitrogen and oxygen atoms in total. The maximum atomic E-state index is 15.0. The highest BCUT2D eigenvalue weighted by Crippen LogP contribution is 2.51. The number of rotatable bonds is 11. The number of aryl methyl sites for hydroxylation is 1. The number of aromatic nitrogens is 2. The van der Waals surface area contributed by atoms with Crippen molar-refractivity contribution in [2.24, 2.45) is 23.5 Å². The van der Waals surface area contributed by atoms with Gasteiger partial charge in [-0.2, -0.15) is 18.3 Å². The summed E-state index contributed by atoms with van der Waals surface area (Å²) >= 11 is 0. The molecular formula is C25H30BF4N5O3. The zero-order valence-electron chi connectivity index (χ0n) is 21.1. The lowest BCUT2D eigenvalue weighted by Crippen LogP contribution is -2.50. The van der Waals surface area contributed by atoms with Crippen LogP contribution in [0.25, 0.3) is 0 Å². The highest BCUT2D eigenvalue weighted by Gasteiger charge is 2.49. The van der Waals surface area contributed by atoms with Crippen molar-refractivity contribution in [3.63, 3.8) is 0 Å². The van der Waals surface area contributed by atoms with Gasteiger partial charge in [0.25, 0.3) is 5.91 Å². The molecule has 2 aromatic rings. The molecular weight excluding hydrogens is 505 g/mol. The highest BCUT2D eigenvalue weighted by molar-refractivity contribution is 6.59. The van der Waals surface area contributed by atoms with Gasteiger partial charge in [0.1, 0.15) is 29.2 Å². The molecule has 4 N–H and O–H groups in total. The number of hydrogen-bond donors (Lipinski definition) is 3. The predicted molar refractivity (Wildman–Crippen MR) is 133 cm³/mol. The minimum atomic E-state index is -4.88. The molecule has 13 heteroatoms. The van der Waals surface area contributed by atoms with Gasteiger partial charge >= 0.3 is 6.18 Å². The summed E-state index contributed by atoms with van der Waals surface area (Å²) in [7, 11) is 0.937.